The molecule has 3 aromatic rings. The van der Waals surface area contributed by atoms with E-state index in [4.69, 9.17) is 9.15 Å². The molecule has 0 aliphatic heterocycles. The molecule has 0 radical (unpaired) electrons. The van der Waals surface area contributed by atoms with E-state index in [1.807, 2.05) is 60.7 Å². The summed E-state index contributed by atoms with van der Waals surface area (Å²) < 4.78 is 10.4. The van der Waals surface area contributed by atoms with Crippen molar-refractivity contribution in [2.45, 2.75) is 12.8 Å². The minimum absolute atomic E-state index is 0.187. The van der Waals surface area contributed by atoms with E-state index in [0.717, 1.165) is 17.5 Å². The molecule has 0 atom stereocenters. The van der Waals surface area contributed by atoms with Crippen molar-refractivity contribution in [2.75, 3.05) is 0 Å². The molecule has 26 heavy (non-hydrogen) atoms. The Bertz CT molecular complexity index is 941. The molecule has 0 saturated heterocycles. The van der Waals surface area contributed by atoms with Gasteiger partial charge < -0.3 is 9.15 Å². The van der Waals surface area contributed by atoms with Crippen LogP contribution in [0.3, 0.4) is 0 Å². The number of carbonyl (C=O) groups excluding carboxylic acids is 1. The number of esters is 1. The molecule has 2 aromatic carbocycles. The Morgan fingerprint density at radius 1 is 0.923 bits per heavy atom. The van der Waals surface area contributed by atoms with Crippen molar-refractivity contribution in [2.24, 2.45) is 0 Å². The Kier molecular flexibility index (Phi) is 5.78. The minimum atomic E-state index is -0.548. The molecule has 0 aliphatic rings. The zero-order valence-electron chi connectivity index (χ0n) is 14.1. The summed E-state index contributed by atoms with van der Waals surface area (Å²) in [7, 11) is 0. The molecule has 4 nitrogen and oxygen atoms in total. The van der Waals surface area contributed by atoms with Gasteiger partial charge in [-0.2, -0.15) is 0 Å². The normalized spacial score (nSPS) is 10.8. The number of hydrogen-bond donors (Lipinski definition) is 0. The molecule has 0 unspecified atom stereocenters. The molecular weight excluding hydrogens is 328 g/mol. The lowest BCUT2D eigenvalue weighted by Crippen LogP contribution is -2.08. The molecule has 0 aliphatic carbocycles. The molecule has 0 bridgehead atoms. The second kappa shape index (κ2) is 8.62. The lowest BCUT2D eigenvalue weighted by atomic mass is 10.1. The van der Waals surface area contributed by atoms with E-state index in [0.29, 0.717) is 12.2 Å². The van der Waals surface area contributed by atoms with Gasteiger partial charge in [0, 0.05) is 18.6 Å². The van der Waals surface area contributed by atoms with Crippen LogP contribution < -0.4 is 10.4 Å². The summed E-state index contributed by atoms with van der Waals surface area (Å²) in [4.78, 5) is 23.7. The molecular formula is C22H18O4. The van der Waals surface area contributed by atoms with Crippen molar-refractivity contribution in [3.8, 4) is 5.75 Å². The van der Waals surface area contributed by atoms with E-state index in [1.54, 1.807) is 12.1 Å². The SMILES string of the molecule is O=C(/C=C/c1ccccc1)Oc1cc(CCc2ccccc2)oc(=O)c1. The van der Waals surface area contributed by atoms with Gasteiger partial charge >= 0.3 is 11.6 Å². The predicted octanol–water partition coefficient (Wildman–Crippen LogP) is 4.04. The molecule has 0 fully saturated rings. The lowest BCUT2D eigenvalue weighted by molar-refractivity contribution is -0.128. The fourth-order valence-electron chi connectivity index (χ4n) is 2.48. The van der Waals surface area contributed by atoms with Crippen LogP contribution in [0.5, 0.6) is 5.75 Å². The standard InChI is InChI=1S/C22H18O4/c23-21(14-12-18-9-5-2-6-10-18)26-20-15-19(25-22(24)16-20)13-11-17-7-3-1-4-8-17/h1-10,12,14-16H,11,13H2/b14-12+. The van der Waals surface area contributed by atoms with E-state index in [-0.39, 0.29) is 5.75 Å². The van der Waals surface area contributed by atoms with Crippen LogP contribution in [-0.4, -0.2) is 5.97 Å². The van der Waals surface area contributed by atoms with E-state index in [1.165, 1.54) is 12.1 Å². The van der Waals surface area contributed by atoms with Gasteiger partial charge in [-0.25, -0.2) is 9.59 Å². The third kappa shape index (κ3) is 5.31. The van der Waals surface area contributed by atoms with Crippen molar-refractivity contribution >= 4 is 12.0 Å². The number of hydrogen-bond acceptors (Lipinski definition) is 4. The zero-order valence-corrected chi connectivity index (χ0v) is 14.1. The third-order valence-electron chi connectivity index (χ3n) is 3.73. The Morgan fingerprint density at radius 2 is 1.62 bits per heavy atom. The van der Waals surface area contributed by atoms with Crippen molar-refractivity contribution in [1.82, 2.24) is 0 Å². The van der Waals surface area contributed by atoms with Crippen molar-refractivity contribution in [1.29, 1.82) is 0 Å². The highest BCUT2D eigenvalue weighted by Crippen LogP contribution is 2.14. The van der Waals surface area contributed by atoms with E-state index in [2.05, 4.69) is 0 Å². The maximum atomic E-state index is 11.9. The Labute approximate surface area is 151 Å². The average Bonchev–Trinajstić information content (AvgIpc) is 2.66. The van der Waals surface area contributed by atoms with E-state index >= 15 is 0 Å². The van der Waals surface area contributed by atoms with E-state index < -0.39 is 11.6 Å². The number of ether oxygens (including phenoxy) is 1. The highest BCUT2D eigenvalue weighted by atomic mass is 16.5. The van der Waals surface area contributed by atoms with Crippen LogP contribution in [0.15, 0.2) is 88.1 Å². The van der Waals surface area contributed by atoms with Crippen LogP contribution in [0.4, 0.5) is 0 Å². The molecule has 1 aromatic heterocycles. The van der Waals surface area contributed by atoms with Crippen LogP contribution in [0, 0.1) is 0 Å². The van der Waals surface area contributed by atoms with Crippen LogP contribution in [0.1, 0.15) is 16.9 Å². The summed E-state index contributed by atoms with van der Waals surface area (Å²) in [5.41, 5.74) is 1.49. The monoisotopic (exact) mass is 346 g/mol. The fraction of sp³-hybridized carbons (Fsp3) is 0.0909. The van der Waals surface area contributed by atoms with Gasteiger partial charge in [0.2, 0.25) is 0 Å². The first-order valence-corrected chi connectivity index (χ1v) is 8.32. The predicted molar refractivity (Wildman–Crippen MR) is 99.9 cm³/mol. The lowest BCUT2D eigenvalue weighted by Gasteiger charge is -2.04. The minimum Gasteiger partial charge on any atom is -0.428 e. The molecule has 0 saturated carbocycles. The molecule has 3 rings (SSSR count). The molecule has 4 heteroatoms. The van der Waals surface area contributed by atoms with Gasteiger partial charge in [-0.3, -0.25) is 0 Å². The zero-order chi connectivity index (χ0) is 18.2. The topological polar surface area (TPSA) is 56.5 Å². The molecule has 0 spiro atoms. The van der Waals surface area contributed by atoms with Gasteiger partial charge in [-0.05, 0) is 23.6 Å². The first-order chi connectivity index (χ1) is 12.7. The van der Waals surface area contributed by atoms with Gasteiger partial charge in [-0.15, -0.1) is 0 Å². The van der Waals surface area contributed by atoms with Crippen LogP contribution in [-0.2, 0) is 17.6 Å². The van der Waals surface area contributed by atoms with Gasteiger partial charge in [0.15, 0.2) is 0 Å². The maximum Gasteiger partial charge on any atom is 0.339 e. The Balaban J connectivity index is 1.64. The van der Waals surface area contributed by atoms with Crippen LogP contribution in [0.25, 0.3) is 6.08 Å². The first kappa shape index (κ1) is 17.4. The summed E-state index contributed by atoms with van der Waals surface area (Å²) in [5.74, 6) is 0.122. The molecule has 0 amide bonds. The van der Waals surface area contributed by atoms with Gasteiger partial charge in [0.05, 0.1) is 6.07 Å². The first-order valence-electron chi connectivity index (χ1n) is 8.32. The number of aryl methyl sites for hydroxylation is 2. The Hall–Kier alpha value is -3.40. The van der Waals surface area contributed by atoms with Crippen molar-refractivity contribution in [3.63, 3.8) is 0 Å². The summed E-state index contributed by atoms with van der Waals surface area (Å²) >= 11 is 0. The van der Waals surface area contributed by atoms with Gasteiger partial charge in [-0.1, -0.05) is 60.7 Å². The average molecular weight is 346 g/mol. The summed E-state index contributed by atoms with van der Waals surface area (Å²) in [6.07, 6.45) is 4.26. The molecule has 0 N–H and O–H groups in total. The number of rotatable bonds is 6. The van der Waals surface area contributed by atoms with Crippen molar-refractivity contribution < 1.29 is 13.9 Å². The summed E-state index contributed by atoms with van der Waals surface area (Å²) in [6.45, 7) is 0. The smallest absolute Gasteiger partial charge is 0.339 e. The summed E-state index contributed by atoms with van der Waals surface area (Å²) in [5, 5.41) is 0. The van der Waals surface area contributed by atoms with Gasteiger partial charge in [0.1, 0.15) is 11.5 Å². The second-order valence-corrected chi connectivity index (χ2v) is 5.73. The fourth-order valence-corrected chi connectivity index (χ4v) is 2.48. The second-order valence-electron chi connectivity index (χ2n) is 5.73. The van der Waals surface area contributed by atoms with Crippen LogP contribution in [0.2, 0.25) is 0 Å². The van der Waals surface area contributed by atoms with Crippen molar-refractivity contribution in [3.05, 3.63) is 106 Å². The van der Waals surface area contributed by atoms with Gasteiger partial charge in [0.25, 0.3) is 0 Å². The highest BCUT2D eigenvalue weighted by molar-refractivity contribution is 5.88. The Morgan fingerprint density at radius 3 is 2.35 bits per heavy atom. The molecule has 130 valence electrons. The quantitative estimate of drug-likeness (QED) is 0.499. The largest absolute Gasteiger partial charge is 0.428 e. The number of carbonyl (C=O) groups is 1. The number of benzene rings is 2. The highest BCUT2D eigenvalue weighted by Gasteiger charge is 2.07. The van der Waals surface area contributed by atoms with Crippen LogP contribution >= 0.6 is 0 Å². The van der Waals surface area contributed by atoms with E-state index in [9.17, 15) is 9.59 Å². The maximum absolute atomic E-state index is 11.9. The summed E-state index contributed by atoms with van der Waals surface area (Å²) in [6, 6.07) is 22.1. The third-order valence-corrected chi connectivity index (χ3v) is 3.73. The molecule has 1 heterocycles.